The Morgan fingerprint density at radius 3 is 2.68 bits per heavy atom. The first-order valence-corrected chi connectivity index (χ1v) is 7.35. The van der Waals surface area contributed by atoms with Crippen molar-refractivity contribution in [3.8, 4) is 0 Å². The summed E-state index contributed by atoms with van der Waals surface area (Å²) in [4.78, 5) is 4.70. The molecule has 0 aromatic carbocycles. The van der Waals surface area contributed by atoms with Crippen LogP contribution in [0.15, 0.2) is 4.52 Å². The van der Waals surface area contributed by atoms with Crippen molar-refractivity contribution < 1.29 is 9.26 Å². The summed E-state index contributed by atoms with van der Waals surface area (Å²) in [5.74, 6) is 1.54. The smallest absolute Gasteiger partial charge is 0.234 e. The molecule has 1 atom stereocenters. The average molecular weight is 265 g/mol. The van der Waals surface area contributed by atoms with Crippen LogP contribution in [0.1, 0.15) is 57.2 Å². The van der Waals surface area contributed by atoms with Gasteiger partial charge in [0.2, 0.25) is 11.7 Å². The number of methoxy groups -OCH3 is 1. The van der Waals surface area contributed by atoms with Crippen molar-refractivity contribution in [3.63, 3.8) is 0 Å². The molecule has 1 saturated carbocycles. The van der Waals surface area contributed by atoms with Gasteiger partial charge >= 0.3 is 0 Å². The minimum absolute atomic E-state index is 0.0161. The zero-order valence-corrected chi connectivity index (χ0v) is 11.9. The topological polar surface area (TPSA) is 60.2 Å². The minimum Gasteiger partial charge on any atom is -0.370 e. The highest BCUT2D eigenvalue weighted by Gasteiger charge is 2.45. The SMILES string of the molecule is CCC1(c2nc(C3(OC)CCC3)no2)CCCNC1. The fourth-order valence-electron chi connectivity index (χ4n) is 3.24. The summed E-state index contributed by atoms with van der Waals surface area (Å²) in [6.45, 7) is 4.22. The summed E-state index contributed by atoms with van der Waals surface area (Å²) in [6, 6.07) is 0. The number of ether oxygens (including phenoxy) is 1. The second kappa shape index (κ2) is 4.87. The van der Waals surface area contributed by atoms with Crippen LogP contribution in [0.3, 0.4) is 0 Å². The lowest BCUT2D eigenvalue weighted by atomic mass is 9.77. The molecule has 0 amide bonds. The van der Waals surface area contributed by atoms with E-state index in [0.717, 1.165) is 50.5 Å². The van der Waals surface area contributed by atoms with Gasteiger partial charge in [-0.2, -0.15) is 4.98 Å². The molecule has 1 N–H and O–H groups in total. The molecule has 0 spiro atoms. The van der Waals surface area contributed by atoms with Gasteiger partial charge in [0.05, 0.1) is 5.41 Å². The number of rotatable bonds is 4. The van der Waals surface area contributed by atoms with Crippen LogP contribution >= 0.6 is 0 Å². The third-order valence-corrected chi connectivity index (χ3v) is 4.99. The molecule has 1 aliphatic carbocycles. The van der Waals surface area contributed by atoms with Crippen molar-refractivity contribution in [1.82, 2.24) is 15.5 Å². The fraction of sp³-hybridized carbons (Fsp3) is 0.857. The lowest BCUT2D eigenvalue weighted by Gasteiger charge is -2.37. The molecule has 1 aromatic rings. The van der Waals surface area contributed by atoms with E-state index >= 15 is 0 Å². The van der Waals surface area contributed by atoms with Crippen molar-refractivity contribution >= 4 is 0 Å². The molecule has 0 radical (unpaired) electrons. The molecule has 1 aliphatic heterocycles. The molecule has 5 nitrogen and oxygen atoms in total. The molecule has 0 bridgehead atoms. The highest BCUT2D eigenvalue weighted by Crippen LogP contribution is 2.44. The summed E-state index contributed by atoms with van der Waals surface area (Å²) in [7, 11) is 1.74. The molecule has 3 rings (SSSR count). The Hall–Kier alpha value is -0.940. The van der Waals surface area contributed by atoms with E-state index in [1.807, 2.05) is 0 Å². The summed E-state index contributed by atoms with van der Waals surface area (Å²) in [5.41, 5.74) is -0.263. The first-order valence-electron chi connectivity index (χ1n) is 7.35. The van der Waals surface area contributed by atoms with Gasteiger partial charge in [0.1, 0.15) is 5.60 Å². The maximum atomic E-state index is 5.63. The van der Waals surface area contributed by atoms with E-state index in [1.165, 1.54) is 12.8 Å². The van der Waals surface area contributed by atoms with Crippen molar-refractivity contribution in [1.29, 1.82) is 0 Å². The number of hydrogen-bond donors (Lipinski definition) is 1. The zero-order valence-electron chi connectivity index (χ0n) is 11.9. The van der Waals surface area contributed by atoms with E-state index in [1.54, 1.807) is 7.11 Å². The Morgan fingerprint density at radius 2 is 2.16 bits per heavy atom. The lowest BCUT2D eigenvalue weighted by molar-refractivity contribution is -0.0858. The predicted octanol–water partition coefficient (Wildman–Crippen LogP) is 2.13. The molecule has 106 valence electrons. The second-order valence-electron chi connectivity index (χ2n) is 5.89. The highest BCUT2D eigenvalue weighted by atomic mass is 16.5. The van der Waals surface area contributed by atoms with Gasteiger partial charge in [-0.15, -0.1) is 0 Å². The van der Waals surface area contributed by atoms with E-state index < -0.39 is 0 Å². The summed E-state index contributed by atoms with van der Waals surface area (Å²) < 4.78 is 11.2. The average Bonchev–Trinajstić information content (AvgIpc) is 2.90. The molecular formula is C14H23N3O2. The summed E-state index contributed by atoms with van der Waals surface area (Å²) in [5, 5.41) is 7.67. The quantitative estimate of drug-likeness (QED) is 0.903. The number of nitrogens with one attached hydrogen (secondary N) is 1. The highest BCUT2D eigenvalue weighted by molar-refractivity contribution is 5.13. The van der Waals surface area contributed by atoms with Gasteiger partial charge in [-0.05, 0) is 45.1 Å². The van der Waals surface area contributed by atoms with Crippen LogP contribution < -0.4 is 5.32 Å². The largest absolute Gasteiger partial charge is 0.370 e. The van der Waals surface area contributed by atoms with Gasteiger partial charge in [-0.25, -0.2) is 0 Å². The van der Waals surface area contributed by atoms with Crippen LogP contribution in [0.2, 0.25) is 0 Å². The standard InChI is InChI=1S/C14H23N3O2/c1-3-13(6-5-9-15-10-13)12-16-11(17-19-12)14(18-2)7-4-8-14/h15H,3-10H2,1-2H3. The summed E-state index contributed by atoms with van der Waals surface area (Å²) >= 11 is 0. The van der Waals surface area contributed by atoms with Crippen LogP contribution in [-0.4, -0.2) is 30.3 Å². The number of nitrogens with zero attached hydrogens (tertiary/aromatic N) is 2. The lowest BCUT2D eigenvalue weighted by Crippen LogP contribution is -2.43. The van der Waals surface area contributed by atoms with Gasteiger partial charge in [-0.3, -0.25) is 0 Å². The Labute approximate surface area is 114 Å². The maximum absolute atomic E-state index is 5.63. The van der Waals surface area contributed by atoms with Crippen LogP contribution in [0.5, 0.6) is 0 Å². The van der Waals surface area contributed by atoms with Gasteiger partial charge in [-0.1, -0.05) is 12.1 Å². The number of piperidine rings is 1. The van der Waals surface area contributed by atoms with Crippen molar-refractivity contribution in [3.05, 3.63) is 11.7 Å². The Bertz CT molecular complexity index is 428. The van der Waals surface area contributed by atoms with Gasteiger partial charge in [0.25, 0.3) is 0 Å². The molecule has 19 heavy (non-hydrogen) atoms. The van der Waals surface area contributed by atoms with E-state index in [2.05, 4.69) is 17.4 Å². The van der Waals surface area contributed by atoms with Gasteiger partial charge < -0.3 is 14.6 Å². The van der Waals surface area contributed by atoms with Gasteiger partial charge in [0.15, 0.2) is 0 Å². The molecule has 1 unspecified atom stereocenters. The monoisotopic (exact) mass is 265 g/mol. The first kappa shape index (κ1) is 13.1. The predicted molar refractivity (Wildman–Crippen MR) is 70.9 cm³/mol. The summed E-state index contributed by atoms with van der Waals surface area (Å²) in [6.07, 6.45) is 6.50. The molecule has 2 heterocycles. The molecule has 5 heteroatoms. The molecule has 2 aliphatic rings. The van der Waals surface area contributed by atoms with Crippen LogP contribution in [0, 0.1) is 0 Å². The number of hydrogen-bond acceptors (Lipinski definition) is 5. The minimum atomic E-state index is -0.279. The Balaban J connectivity index is 1.87. The fourth-order valence-corrected chi connectivity index (χ4v) is 3.24. The van der Waals surface area contributed by atoms with Crippen molar-refractivity contribution in [2.75, 3.05) is 20.2 Å². The van der Waals surface area contributed by atoms with E-state index in [4.69, 9.17) is 14.2 Å². The van der Waals surface area contributed by atoms with Crippen LogP contribution in [0.25, 0.3) is 0 Å². The Kier molecular flexibility index (Phi) is 3.35. The normalized spacial score (nSPS) is 30.0. The second-order valence-corrected chi connectivity index (χ2v) is 5.89. The number of aromatic nitrogens is 2. The van der Waals surface area contributed by atoms with E-state index in [9.17, 15) is 0 Å². The molecule has 1 aromatic heterocycles. The van der Waals surface area contributed by atoms with E-state index in [-0.39, 0.29) is 11.0 Å². The third-order valence-electron chi connectivity index (χ3n) is 4.99. The molecular weight excluding hydrogens is 242 g/mol. The Morgan fingerprint density at radius 1 is 1.32 bits per heavy atom. The third kappa shape index (κ3) is 1.99. The van der Waals surface area contributed by atoms with Crippen LogP contribution in [-0.2, 0) is 15.8 Å². The van der Waals surface area contributed by atoms with Crippen molar-refractivity contribution in [2.24, 2.45) is 0 Å². The van der Waals surface area contributed by atoms with Crippen molar-refractivity contribution in [2.45, 2.75) is 56.5 Å². The van der Waals surface area contributed by atoms with Crippen LogP contribution in [0.4, 0.5) is 0 Å². The van der Waals surface area contributed by atoms with Gasteiger partial charge in [0, 0.05) is 13.7 Å². The molecule has 1 saturated heterocycles. The zero-order chi connectivity index (χ0) is 13.3. The molecule has 2 fully saturated rings. The first-order chi connectivity index (χ1) is 9.25. The van der Waals surface area contributed by atoms with E-state index in [0.29, 0.717) is 0 Å². The maximum Gasteiger partial charge on any atom is 0.234 e.